The van der Waals surface area contributed by atoms with Gasteiger partial charge in [0, 0.05) is 0 Å². The van der Waals surface area contributed by atoms with Crippen LogP contribution in [0.15, 0.2) is 0 Å². The van der Waals surface area contributed by atoms with Crippen LogP contribution in [0.3, 0.4) is 0 Å². The first kappa shape index (κ1) is 20.8. The quantitative estimate of drug-likeness (QED) is 0.524. The number of hydrogen-bond donors (Lipinski definition) is 1. The summed E-state index contributed by atoms with van der Waals surface area (Å²) in [6.45, 7) is 12.9. The maximum atomic E-state index is 10.3. The molecule has 0 saturated heterocycles. The van der Waals surface area contributed by atoms with Crippen molar-refractivity contribution in [3.05, 3.63) is 0 Å². The molecule has 0 bridgehead atoms. The molecule has 4 unspecified atom stereocenters. The molecule has 11 atom stereocenters. The van der Waals surface area contributed by atoms with Crippen molar-refractivity contribution in [2.45, 2.75) is 111 Å². The van der Waals surface area contributed by atoms with Gasteiger partial charge in [-0.15, -0.1) is 0 Å². The highest BCUT2D eigenvalue weighted by Crippen LogP contribution is 2.68. The van der Waals surface area contributed by atoms with Gasteiger partial charge in [0.25, 0.3) is 0 Å². The lowest BCUT2D eigenvalue weighted by Gasteiger charge is -2.61. The third-order valence-electron chi connectivity index (χ3n) is 11.9. The van der Waals surface area contributed by atoms with Gasteiger partial charge < -0.3 is 5.11 Å². The van der Waals surface area contributed by atoms with E-state index in [-0.39, 0.29) is 6.10 Å². The molecule has 0 aliphatic heterocycles. The molecule has 5 aliphatic rings. The highest BCUT2D eigenvalue weighted by molar-refractivity contribution is 5.10. The summed E-state index contributed by atoms with van der Waals surface area (Å²) >= 11 is 0. The molecule has 0 radical (unpaired) electrons. The summed E-state index contributed by atoms with van der Waals surface area (Å²) in [5, 5.41) is 10.3. The zero-order chi connectivity index (χ0) is 20.6. The van der Waals surface area contributed by atoms with E-state index in [9.17, 15) is 5.11 Å². The Kier molecular flexibility index (Phi) is 5.21. The van der Waals surface area contributed by atoms with E-state index in [1.165, 1.54) is 57.8 Å². The van der Waals surface area contributed by atoms with Crippen LogP contribution in [0.1, 0.15) is 105 Å². The Balaban J connectivity index is 1.30. The van der Waals surface area contributed by atoms with Crippen LogP contribution in [0, 0.1) is 64.1 Å². The van der Waals surface area contributed by atoms with E-state index < -0.39 is 0 Å². The maximum absolute atomic E-state index is 10.3. The topological polar surface area (TPSA) is 20.2 Å². The Morgan fingerprint density at radius 3 is 2.28 bits per heavy atom. The van der Waals surface area contributed by atoms with E-state index in [1.807, 2.05) is 0 Å². The summed E-state index contributed by atoms with van der Waals surface area (Å²) in [6, 6.07) is 0. The molecule has 5 fully saturated rings. The van der Waals surface area contributed by atoms with E-state index in [4.69, 9.17) is 0 Å². The van der Waals surface area contributed by atoms with Gasteiger partial charge >= 0.3 is 0 Å². The molecule has 5 rings (SSSR count). The number of rotatable bonds is 4. The largest absolute Gasteiger partial charge is 0.393 e. The molecule has 1 heteroatoms. The fraction of sp³-hybridized carbons (Fsp3) is 1.00. The highest BCUT2D eigenvalue weighted by Gasteiger charge is 2.60. The molecular formula is C28H48O. The van der Waals surface area contributed by atoms with Crippen LogP contribution in [0.2, 0.25) is 0 Å². The lowest BCUT2D eigenvalue weighted by atomic mass is 9.44. The minimum absolute atomic E-state index is 0.00715. The number of aliphatic hydroxyl groups excluding tert-OH is 1. The van der Waals surface area contributed by atoms with E-state index in [0.717, 1.165) is 66.1 Å². The Bertz CT molecular complexity index is 611. The van der Waals surface area contributed by atoms with Crippen molar-refractivity contribution >= 4 is 0 Å². The first-order chi connectivity index (χ1) is 13.7. The van der Waals surface area contributed by atoms with Crippen LogP contribution >= 0.6 is 0 Å². The molecule has 5 aliphatic carbocycles. The second kappa shape index (κ2) is 7.25. The smallest absolute Gasteiger partial charge is 0.0543 e. The van der Waals surface area contributed by atoms with Crippen molar-refractivity contribution in [3.63, 3.8) is 0 Å². The zero-order valence-corrected chi connectivity index (χ0v) is 20.0. The van der Waals surface area contributed by atoms with Crippen molar-refractivity contribution < 1.29 is 5.11 Å². The van der Waals surface area contributed by atoms with Gasteiger partial charge in [-0.2, -0.15) is 0 Å². The Morgan fingerprint density at radius 1 is 0.828 bits per heavy atom. The van der Waals surface area contributed by atoms with Crippen molar-refractivity contribution in [1.29, 1.82) is 0 Å². The lowest BCUT2D eigenvalue weighted by molar-refractivity contribution is -0.129. The van der Waals surface area contributed by atoms with Crippen LogP contribution < -0.4 is 0 Å². The second-order valence-corrected chi connectivity index (χ2v) is 13.4. The van der Waals surface area contributed by atoms with Crippen molar-refractivity contribution in [3.8, 4) is 0 Å². The predicted molar refractivity (Wildman–Crippen MR) is 121 cm³/mol. The molecule has 5 saturated carbocycles. The molecule has 1 N–H and O–H groups in total. The number of fused-ring (bicyclic) bond motifs is 5. The van der Waals surface area contributed by atoms with Crippen LogP contribution in [0.5, 0.6) is 0 Å². The molecular weight excluding hydrogens is 352 g/mol. The van der Waals surface area contributed by atoms with Gasteiger partial charge in [-0.1, -0.05) is 34.6 Å². The monoisotopic (exact) mass is 400 g/mol. The second-order valence-electron chi connectivity index (χ2n) is 13.4. The van der Waals surface area contributed by atoms with Crippen LogP contribution in [-0.2, 0) is 0 Å². The van der Waals surface area contributed by atoms with E-state index in [2.05, 4.69) is 34.6 Å². The summed E-state index contributed by atoms with van der Waals surface area (Å²) in [7, 11) is 0. The van der Waals surface area contributed by atoms with Gasteiger partial charge in [-0.25, -0.2) is 0 Å². The van der Waals surface area contributed by atoms with E-state index in [1.54, 1.807) is 0 Å². The molecule has 166 valence electrons. The summed E-state index contributed by atoms with van der Waals surface area (Å²) < 4.78 is 0. The molecule has 0 aromatic heterocycles. The number of hydrogen-bond acceptors (Lipinski definition) is 1. The molecule has 0 aromatic carbocycles. The first-order valence-corrected chi connectivity index (χ1v) is 13.4. The molecule has 0 amide bonds. The molecule has 0 heterocycles. The van der Waals surface area contributed by atoms with Crippen molar-refractivity contribution in [2.24, 2.45) is 64.1 Å². The summed E-state index contributed by atoms with van der Waals surface area (Å²) in [5.74, 6) is 8.66. The average Bonchev–Trinajstić information content (AvgIpc) is 3.34. The Labute approximate surface area is 180 Å². The van der Waals surface area contributed by atoms with Crippen LogP contribution in [0.25, 0.3) is 0 Å². The summed E-state index contributed by atoms with van der Waals surface area (Å²) in [6.07, 6.45) is 15.4. The third-order valence-corrected chi connectivity index (χ3v) is 11.9. The van der Waals surface area contributed by atoms with Gasteiger partial charge in [0.2, 0.25) is 0 Å². The summed E-state index contributed by atoms with van der Waals surface area (Å²) in [5.41, 5.74) is 1.16. The predicted octanol–water partition coefficient (Wildman–Crippen LogP) is 7.32. The fourth-order valence-electron chi connectivity index (χ4n) is 10.2. The number of aliphatic hydroxyl groups is 1. The average molecular weight is 401 g/mol. The van der Waals surface area contributed by atoms with Crippen LogP contribution in [-0.4, -0.2) is 11.2 Å². The van der Waals surface area contributed by atoms with Gasteiger partial charge in [-0.05, 0) is 135 Å². The fourth-order valence-corrected chi connectivity index (χ4v) is 10.2. The third kappa shape index (κ3) is 3.27. The first-order valence-electron chi connectivity index (χ1n) is 13.4. The standard InChI is InChI=1S/C28H48O/c1-17(2)23-15-19(23)14-18(3)24-8-9-25-22-7-6-20-16-21(29)10-12-27(20,4)26(22)11-13-28(24,25)5/h17-26,29H,6-16H2,1-5H3/t18-,19+,20-,21+,22?,23-,24?,25?,26?,27+,28-/m1/s1. The molecule has 0 spiro atoms. The SMILES string of the molecule is CC(C)[C@H]1C[C@@H]1C[C@@H](C)C1CCC2C3CC[C@@H]4C[C@@H](O)CC[C@]4(C)C3CC[C@@]21C. The maximum Gasteiger partial charge on any atom is 0.0543 e. The minimum atomic E-state index is -0.00715. The van der Waals surface area contributed by atoms with Gasteiger partial charge in [0.05, 0.1) is 6.10 Å². The van der Waals surface area contributed by atoms with E-state index in [0.29, 0.717) is 10.8 Å². The highest BCUT2D eigenvalue weighted by atomic mass is 16.3. The normalized spacial score (nSPS) is 55.1. The Morgan fingerprint density at radius 2 is 1.55 bits per heavy atom. The van der Waals surface area contributed by atoms with Crippen molar-refractivity contribution in [1.82, 2.24) is 0 Å². The minimum Gasteiger partial charge on any atom is -0.393 e. The lowest BCUT2D eigenvalue weighted by Crippen LogP contribution is -2.54. The zero-order valence-electron chi connectivity index (χ0n) is 20.0. The van der Waals surface area contributed by atoms with Crippen LogP contribution in [0.4, 0.5) is 0 Å². The summed E-state index contributed by atoms with van der Waals surface area (Å²) in [4.78, 5) is 0. The molecule has 29 heavy (non-hydrogen) atoms. The van der Waals surface area contributed by atoms with Crippen molar-refractivity contribution in [2.75, 3.05) is 0 Å². The van der Waals surface area contributed by atoms with Gasteiger partial charge in [-0.3, -0.25) is 0 Å². The Hall–Kier alpha value is -0.0400. The molecule has 0 aromatic rings. The van der Waals surface area contributed by atoms with Gasteiger partial charge in [0.15, 0.2) is 0 Å². The van der Waals surface area contributed by atoms with E-state index >= 15 is 0 Å². The van der Waals surface area contributed by atoms with Gasteiger partial charge in [0.1, 0.15) is 0 Å². The molecule has 1 nitrogen and oxygen atoms in total.